The molecule has 1 heterocycles. The van der Waals surface area contributed by atoms with Crippen LogP contribution in [0.4, 0.5) is 15.2 Å². The molecule has 0 bridgehead atoms. The van der Waals surface area contributed by atoms with Crippen LogP contribution in [0.15, 0.2) is 52.9 Å². The molecule has 3 rings (SSSR count). The average Bonchev–Trinajstić information content (AvgIpc) is 3.09. The Kier molecular flexibility index (Phi) is 6.41. The minimum Gasteiger partial charge on any atom is -0.341 e. The minimum absolute atomic E-state index is 0.0486. The number of rotatable bonds is 7. The third-order valence-corrected chi connectivity index (χ3v) is 5.72. The molecule has 0 aliphatic carbocycles. The number of thioether (sulfide) groups is 1. The van der Waals surface area contributed by atoms with Crippen molar-refractivity contribution in [1.29, 1.82) is 0 Å². The van der Waals surface area contributed by atoms with E-state index in [0.717, 1.165) is 15.6 Å². The molecule has 3 aromatic rings. The number of nitrogens with one attached hydrogen (secondary N) is 1. The summed E-state index contributed by atoms with van der Waals surface area (Å²) in [5.41, 5.74) is 2.89. The van der Waals surface area contributed by atoms with E-state index in [-0.39, 0.29) is 17.5 Å². The number of benzene rings is 2. The van der Waals surface area contributed by atoms with Gasteiger partial charge in [0, 0.05) is 19.3 Å². The highest BCUT2D eigenvalue weighted by molar-refractivity contribution is 8.01. The van der Waals surface area contributed by atoms with Gasteiger partial charge in [-0.25, -0.2) is 4.39 Å². The number of halogens is 1. The summed E-state index contributed by atoms with van der Waals surface area (Å²) < 4.78 is 14.0. The highest BCUT2D eigenvalue weighted by Crippen LogP contribution is 2.28. The van der Waals surface area contributed by atoms with E-state index in [1.54, 1.807) is 24.1 Å². The van der Waals surface area contributed by atoms with Crippen molar-refractivity contribution in [1.82, 2.24) is 15.1 Å². The second-order valence-corrected chi connectivity index (χ2v) is 8.23. The fourth-order valence-electron chi connectivity index (χ4n) is 2.31. The second-order valence-electron chi connectivity index (χ2n) is 6.03. The molecule has 1 aromatic heterocycles. The maximum Gasteiger partial charge on any atom is 0.233 e. The largest absolute Gasteiger partial charge is 0.341 e. The maximum absolute atomic E-state index is 13.2. The number of hydrogen-bond acceptors (Lipinski definition) is 6. The molecule has 0 saturated carbocycles. The van der Waals surface area contributed by atoms with Gasteiger partial charge in [-0.05, 0) is 36.8 Å². The van der Waals surface area contributed by atoms with Crippen LogP contribution in [0.5, 0.6) is 0 Å². The van der Waals surface area contributed by atoms with Crippen molar-refractivity contribution in [2.24, 2.45) is 0 Å². The predicted molar refractivity (Wildman–Crippen MR) is 108 cm³/mol. The van der Waals surface area contributed by atoms with Crippen LogP contribution < -0.4 is 5.32 Å². The third-order valence-electron chi connectivity index (χ3n) is 3.76. The fourth-order valence-corrected chi connectivity index (χ4v) is 4.02. The molecule has 1 N–H and O–H groups in total. The molecular weight excluding hydrogens is 383 g/mol. The summed E-state index contributed by atoms with van der Waals surface area (Å²) in [7, 11) is 1.71. The lowest BCUT2D eigenvalue weighted by Gasteiger charge is -2.16. The summed E-state index contributed by atoms with van der Waals surface area (Å²) in [6.45, 7) is 2.40. The Morgan fingerprint density at radius 3 is 2.74 bits per heavy atom. The lowest BCUT2D eigenvalue weighted by atomic mass is 10.2. The summed E-state index contributed by atoms with van der Waals surface area (Å²) >= 11 is 2.74. The molecule has 5 nitrogen and oxygen atoms in total. The third kappa shape index (κ3) is 5.77. The zero-order valence-corrected chi connectivity index (χ0v) is 16.6. The van der Waals surface area contributed by atoms with Crippen LogP contribution in [0, 0.1) is 12.7 Å². The number of aryl methyl sites for hydroxylation is 1. The molecular formula is C19H19FN4OS2. The Morgan fingerprint density at radius 1 is 1.22 bits per heavy atom. The van der Waals surface area contributed by atoms with Gasteiger partial charge in [0.25, 0.3) is 0 Å². The van der Waals surface area contributed by atoms with Gasteiger partial charge in [-0.2, -0.15) is 0 Å². The van der Waals surface area contributed by atoms with Gasteiger partial charge in [0.05, 0.1) is 5.75 Å². The summed E-state index contributed by atoms with van der Waals surface area (Å²) in [4.78, 5) is 13.9. The van der Waals surface area contributed by atoms with Crippen LogP contribution in [0.3, 0.4) is 0 Å². The quantitative estimate of drug-likeness (QED) is 0.591. The molecule has 0 aliphatic rings. The molecule has 27 heavy (non-hydrogen) atoms. The van der Waals surface area contributed by atoms with Crippen molar-refractivity contribution in [3.05, 3.63) is 65.5 Å². The molecule has 0 radical (unpaired) electrons. The van der Waals surface area contributed by atoms with E-state index in [1.807, 2.05) is 31.2 Å². The average molecular weight is 403 g/mol. The van der Waals surface area contributed by atoms with E-state index in [0.29, 0.717) is 11.7 Å². The Labute approximate surface area is 165 Å². The molecule has 0 unspecified atom stereocenters. The van der Waals surface area contributed by atoms with Crippen LogP contribution in [-0.4, -0.2) is 33.8 Å². The van der Waals surface area contributed by atoms with Crippen molar-refractivity contribution >= 4 is 39.8 Å². The van der Waals surface area contributed by atoms with Crippen LogP contribution in [-0.2, 0) is 11.3 Å². The fraction of sp³-hybridized carbons (Fsp3) is 0.211. The van der Waals surface area contributed by atoms with Gasteiger partial charge < -0.3 is 10.2 Å². The van der Waals surface area contributed by atoms with Crippen molar-refractivity contribution in [2.45, 2.75) is 17.8 Å². The topological polar surface area (TPSA) is 58.1 Å². The maximum atomic E-state index is 13.2. The van der Waals surface area contributed by atoms with Gasteiger partial charge in [-0.15, -0.1) is 10.2 Å². The number of aromatic nitrogens is 2. The molecule has 140 valence electrons. The zero-order valence-electron chi connectivity index (χ0n) is 15.0. The Balaban J connectivity index is 1.50. The molecule has 8 heteroatoms. The van der Waals surface area contributed by atoms with Gasteiger partial charge in [0.15, 0.2) is 4.34 Å². The van der Waals surface area contributed by atoms with Gasteiger partial charge in [0.1, 0.15) is 5.82 Å². The molecule has 0 saturated heterocycles. The Bertz CT molecular complexity index is 914. The molecule has 0 aliphatic heterocycles. The van der Waals surface area contributed by atoms with Crippen LogP contribution in [0.25, 0.3) is 0 Å². The van der Waals surface area contributed by atoms with Crippen molar-refractivity contribution < 1.29 is 9.18 Å². The molecule has 1 amide bonds. The van der Waals surface area contributed by atoms with Gasteiger partial charge in [-0.3, -0.25) is 4.79 Å². The Morgan fingerprint density at radius 2 is 2.00 bits per heavy atom. The lowest BCUT2D eigenvalue weighted by Crippen LogP contribution is -2.27. The monoisotopic (exact) mass is 402 g/mol. The number of carbonyl (C=O) groups excluding carboxylic acids is 1. The number of hydrogen-bond donors (Lipinski definition) is 1. The SMILES string of the molecule is Cc1ccc(Nc2nnc(SCC(=O)N(C)Cc3cccc(F)c3)s2)cc1. The van der Waals surface area contributed by atoms with E-state index < -0.39 is 0 Å². The molecule has 2 aromatic carbocycles. The van der Waals surface area contributed by atoms with Gasteiger partial charge in [0.2, 0.25) is 11.0 Å². The zero-order chi connectivity index (χ0) is 19.2. The van der Waals surface area contributed by atoms with E-state index >= 15 is 0 Å². The first-order valence-corrected chi connectivity index (χ1v) is 10.1. The Hall–Kier alpha value is -2.45. The van der Waals surface area contributed by atoms with Crippen molar-refractivity contribution in [2.75, 3.05) is 18.1 Å². The molecule has 0 spiro atoms. The minimum atomic E-state index is -0.301. The number of nitrogens with zero attached hydrogens (tertiary/aromatic N) is 3. The second kappa shape index (κ2) is 8.96. The highest BCUT2D eigenvalue weighted by Gasteiger charge is 2.13. The van der Waals surface area contributed by atoms with Crippen LogP contribution >= 0.6 is 23.1 Å². The van der Waals surface area contributed by atoms with Crippen LogP contribution in [0.2, 0.25) is 0 Å². The van der Waals surface area contributed by atoms with E-state index in [2.05, 4.69) is 15.5 Å². The summed E-state index contributed by atoms with van der Waals surface area (Å²) in [6, 6.07) is 14.3. The van der Waals surface area contributed by atoms with E-state index in [1.165, 1.54) is 40.8 Å². The molecule has 0 atom stereocenters. The first-order valence-electron chi connectivity index (χ1n) is 8.28. The predicted octanol–water partition coefficient (Wildman–Crippen LogP) is 4.48. The van der Waals surface area contributed by atoms with Gasteiger partial charge >= 0.3 is 0 Å². The normalized spacial score (nSPS) is 10.6. The first-order chi connectivity index (χ1) is 13.0. The summed E-state index contributed by atoms with van der Waals surface area (Å²) in [5.74, 6) is -0.0944. The standard InChI is InChI=1S/C19H19FN4OS2/c1-13-6-8-16(9-7-13)21-18-22-23-19(27-18)26-12-17(25)24(2)11-14-4-3-5-15(20)10-14/h3-10H,11-12H2,1-2H3,(H,21,22). The smallest absolute Gasteiger partial charge is 0.233 e. The highest BCUT2D eigenvalue weighted by atomic mass is 32.2. The summed E-state index contributed by atoms with van der Waals surface area (Å²) in [5, 5.41) is 12.1. The van der Waals surface area contributed by atoms with Crippen molar-refractivity contribution in [3.63, 3.8) is 0 Å². The van der Waals surface area contributed by atoms with Gasteiger partial charge in [-0.1, -0.05) is 52.9 Å². The lowest BCUT2D eigenvalue weighted by molar-refractivity contribution is -0.127. The van der Waals surface area contributed by atoms with E-state index in [4.69, 9.17) is 0 Å². The van der Waals surface area contributed by atoms with E-state index in [9.17, 15) is 9.18 Å². The number of amides is 1. The van der Waals surface area contributed by atoms with Crippen molar-refractivity contribution in [3.8, 4) is 0 Å². The first kappa shape index (κ1) is 19.3. The molecule has 0 fully saturated rings. The number of anilines is 2. The number of carbonyl (C=O) groups is 1. The van der Waals surface area contributed by atoms with Crippen LogP contribution in [0.1, 0.15) is 11.1 Å². The summed E-state index contributed by atoms with van der Waals surface area (Å²) in [6.07, 6.45) is 0.